The van der Waals surface area contributed by atoms with Crippen LogP contribution in [-0.2, 0) is 0 Å². The summed E-state index contributed by atoms with van der Waals surface area (Å²) in [6.07, 6.45) is 15.8. The molecule has 0 rings (SSSR count). The second-order valence-electron chi connectivity index (χ2n) is 5.64. The maximum Gasteiger partial charge on any atom is 0.0662 e. The van der Waals surface area contributed by atoms with E-state index < -0.39 is 0 Å². The van der Waals surface area contributed by atoms with Gasteiger partial charge in [0.1, 0.15) is 0 Å². The van der Waals surface area contributed by atoms with Gasteiger partial charge in [-0.2, -0.15) is 0 Å². The first-order chi connectivity index (χ1) is 9.31. The SMILES string of the molecule is NCC(O)CCCCCCCCCCCCCCO. The first-order valence-corrected chi connectivity index (χ1v) is 8.30. The fourth-order valence-electron chi connectivity index (χ4n) is 2.38. The molecule has 0 saturated heterocycles. The fraction of sp³-hybridized carbons (Fsp3) is 1.00. The Morgan fingerprint density at radius 1 is 0.632 bits per heavy atom. The fourth-order valence-corrected chi connectivity index (χ4v) is 2.38. The zero-order valence-corrected chi connectivity index (χ0v) is 12.7. The van der Waals surface area contributed by atoms with Crippen LogP contribution in [0.5, 0.6) is 0 Å². The van der Waals surface area contributed by atoms with E-state index in [-0.39, 0.29) is 6.10 Å². The second kappa shape index (κ2) is 15.9. The van der Waals surface area contributed by atoms with E-state index in [2.05, 4.69) is 0 Å². The summed E-state index contributed by atoms with van der Waals surface area (Å²) in [6.45, 7) is 0.751. The molecule has 0 aliphatic rings. The Bertz CT molecular complexity index is 165. The van der Waals surface area contributed by atoms with Crippen molar-refractivity contribution in [3.05, 3.63) is 0 Å². The summed E-state index contributed by atoms with van der Waals surface area (Å²) < 4.78 is 0. The van der Waals surface area contributed by atoms with E-state index in [1.165, 1.54) is 64.2 Å². The van der Waals surface area contributed by atoms with Crippen molar-refractivity contribution >= 4 is 0 Å². The van der Waals surface area contributed by atoms with Gasteiger partial charge in [0, 0.05) is 13.2 Å². The highest BCUT2D eigenvalue weighted by atomic mass is 16.3. The molecule has 0 spiro atoms. The lowest BCUT2D eigenvalue weighted by molar-refractivity contribution is 0.168. The Balaban J connectivity index is 2.95. The highest BCUT2D eigenvalue weighted by molar-refractivity contribution is 4.56. The van der Waals surface area contributed by atoms with Gasteiger partial charge in [-0.1, -0.05) is 70.6 Å². The highest BCUT2D eigenvalue weighted by Crippen LogP contribution is 2.12. The van der Waals surface area contributed by atoms with Gasteiger partial charge in [0.15, 0.2) is 0 Å². The minimum atomic E-state index is -0.286. The average molecular weight is 273 g/mol. The highest BCUT2D eigenvalue weighted by Gasteiger charge is 1.99. The maximum absolute atomic E-state index is 9.30. The van der Waals surface area contributed by atoms with E-state index in [1.54, 1.807) is 0 Å². The first kappa shape index (κ1) is 18.9. The summed E-state index contributed by atoms with van der Waals surface area (Å²) in [6, 6.07) is 0. The lowest BCUT2D eigenvalue weighted by Gasteiger charge is -2.06. The lowest BCUT2D eigenvalue weighted by atomic mass is 10.0. The van der Waals surface area contributed by atoms with Crippen molar-refractivity contribution in [2.75, 3.05) is 13.2 Å². The van der Waals surface area contributed by atoms with E-state index in [9.17, 15) is 5.11 Å². The average Bonchev–Trinajstić information content (AvgIpc) is 2.43. The molecule has 0 fully saturated rings. The van der Waals surface area contributed by atoms with Gasteiger partial charge in [-0.05, 0) is 12.8 Å². The predicted octanol–water partition coefficient (Wildman–Crippen LogP) is 3.37. The van der Waals surface area contributed by atoms with Gasteiger partial charge in [0.25, 0.3) is 0 Å². The molecule has 0 aromatic rings. The number of aliphatic hydroxyl groups is 2. The standard InChI is InChI=1S/C16H35NO2/c17-15-16(19)13-11-9-7-5-3-1-2-4-6-8-10-12-14-18/h16,18-19H,1-15,17H2. The van der Waals surface area contributed by atoms with Crippen LogP contribution in [-0.4, -0.2) is 29.5 Å². The zero-order chi connectivity index (χ0) is 14.2. The van der Waals surface area contributed by atoms with Crippen LogP contribution in [0.15, 0.2) is 0 Å². The number of aliphatic hydroxyl groups excluding tert-OH is 2. The van der Waals surface area contributed by atoms with Gasteiger partial charge in [-0.15, -0.1) is 0 Å². The molecule has 0 aliphatic heterocycles. The van der Waals surface area contributed by atoms with Crippen molar-refractivity contribution in [3.63, 3.8) is 0 Å². The van der Waals surface area contributed by atoms with Crippen LogP contribution >= 0.6 is 0 Å². The first-order valence-electron chi connectivity index (χ1n) is 8.30. The van der Waals surface area contributed by atoms with Gasteiger partial charge in [0.05, 0.1) is 6.10 Å². The third-order valence-electron chi connectivity index (χ3n) is 3.72. The number of nitrogens with two attached hydrogens (primary N) is 1. The molecule has 0 aromatic carbocycles. The van der Waals surface area contributed by atoms with Crippen molar-refractivity contribution in [2.45, 2.75) is 89.6 Å². The molecule has 3 nitrogen and oxygen atoms in total. The molecule has 0 saturated carbocycles. The lowest BCUT2D eigenvalue weighted by Crippen LogP contribution is -2.19. The van der Waals surface area contributed by atoms with Crippen molar-refractivity contribution in [3.8, 4) is 0 Å². The van der Waals surface area contributed by atoms with Crippen LogP contribution in [0.25, 0.3) is 0 Å². The molecule has 4 N–H and O–H groups in total. The Morgan fingerprint density at radius 2 is 1.00 bits per heavy atom. The van der Waals surface area contributed by atoms with E-state index in [0.29, 0.717) is 13.2 Å². The van der Waals surface area contributed by atoms with Crippen LogP contribution in [0.4, 0.5) is 0 Å². The monoisotopic (exact) mass is 273 g/mol. The van der Waals surface area contributed by atoms with Gasteiger partial charge in [-0.3, -0.25) is 0 Å². The summed E-state index contributed by atoms with van der Waals surface area (Å²) in [5.74, 6) is 0. The molecule has 0 aromatic heterocycles. The van der Waals surface area contributed by atoms with Crippen LogP contribution in [0.3, 0.4) is 0 Å². The summed E-state index contributed by atoms with van der Waals surface area (Å²) in [5, 5.41) is 17.9. The van der Waals surface area contributed by atoms with Crippen molar-refractivity contribution in [2.24, 2.45) is 5.73 Å². The number of hydrogen-bond donors (Lipinski definition) is 3. The minimum Gasteiger partial charge on any atom is -0.396 e. The minimum absolute atomic E-state index is 0.286. The molecule has 3 heteroatoms. The third-order valence-corrected chi connectivity index (χ3v) is 3.72. The van der Waals surface area contributed by atoms with Gasteiger partial charge in [0.2, 0.25) is 0 Å². The van der Waals surface area contributed by atoms with E-state index in [0.717, 1.165) is 19.3 Å². The zero-order valence-electron chi connectivity index (χ0n) is 12.7. The van der Waals surface area contributed by atoms with E-state index in [1.807, 2.05) is 0 Å². The smallest absolute Gasteiger partial charge is 0.0662 e. The van der Waals surface area contributed by atoms with Gasteiger partial charge in [-0.25, -0.2) is 0 Å². The summed E-state index contributed by atoms with van der Waals surface area (Å²) in [4.78, 5) is 0. The second-order valence-corrected chi connectivity index (χ2v) is 5.64. The van der Waals surface area contributed by atoms with Gasteiger partial charge >= 0.3 is 0 Å². The molecule has 0 heterocycles. The quantitative estimate of drug-likeness (QED) is 0.401. The Kier molecular flexibility index (Phi) is 15.8. The van der Waals surface area contributed by atoms with Gasteiger partial charge < -0.3 is 15.9 Å². The number of rotatable bonds is 15. The van der Waals surface area contributed by atoms with E-state index >= 15 is 0 Å². The molecule has 1 atom stereocenters. The number of hydrogen-bond acceptors (Lipinski definition) is 3. The molecular formula is C16H35NO2. The summed E-state index contributed by atoms with van der Waals surface area (Å²) in [7, 11) is 0. The molecule has 0 bridgehead atoms. The van der Waals surface area contributed by atoms with Crippen LogP contribution in [0.2, 0.25) is 0 Å². The molecule has 116 valence electrons. The maximum atomic E-state index is 9.30. The van der Waals surface area contributed by atoms with Crippen LogP contribution in [0, 0.1) is 0 Å². The predicted molar refractivity (Wildman–Crippen MR) is 82.2 cm³/mol. The Hall–Kier alpha value is -0.120. The van der Waals surface area contributed by atoms with Crippen molar-refractivity contribution < 1.29 is 10.2 Å². The van der Waals surface area contributed by atoms with Crippen molar-refractivity contribution in [1.82, 2.24) is 0 Å². The molecule has 1 unspecified atom stereocenters. The summed E-state index contributed by atoms with van der Waals surface area (Å²) >= 11 is 0. The Labute approximate surface area is 119 Å². The Morgan fingerprint density at radius 3 is 1.37 bits per heavy atom. The molecule has 0 amide bonds. The largest absolute Gasteiger partial charge is 0.396 e. The molecule has 0 aliphatic carbocycles. The normalized spacial score (nSPS) is 12.8. The number of unbranched alkanes of at least 4 members (excludes halogenated alkanes) is 11. The molecule has 19 heavy (non-hydrogen) atoms. The third kappa shape index (κ3) is 15.8. The summed E-state index contributed by atoms with van der Waals surface area (Å²) in [5.41, 5.74) is 5.36. The molecule has 0 radical (unpaired) electrons. The van der Waals surface area contributed by atoms with Crippen LogP contribution < -0.4 is 5.73 Å². The molecular weight excluding hydrogens is 238 g/mol. The van der Waals surface area contributed by atoms with Crippen molar-refractivity contribution in [1.29, 1.82) is 0 Å². The van der Waals surface area contributed by atoms with E-state index in [4.69, 9.17) is 10.8 Å². The van der Waals surface area contributed by atoms with Crippen LogP contribution in [0.1, 0.15) is 83.5 Å². The topological polar surface area (TPSA) is 66.5 Å².